The van der Waals surface area contributed by atoms with E-state index in [4.69, 9.17) is 4.74 Å². The molecule has 0 saturated heterocycles. The van der Waals surface area contributed by atoms with Gasteiger partial charge in [-0.3, -0.25) is 14.4 Å². The number of hydrogen-bond acceptors (Lipinski definition) is 6. The molecule has 2 heterocycles. The Morgan fingerprint density at radius 1 is 0.978 bits per heavy atom. The molecular weight excluding hydrogens is 605 g/mol. The fourth-order valence-electron chi connectivity index (χ4n) is 4.44. The number of ether oxygens (including phenoxy) is 1. The van der Waals surface area contributed by atoms with Gasteiger partial charge in [-0.25, -0.2) is 22.9 Å². The lowest BCUT2D eigenvalue weighted by Crippen LogP contribution is -2.37. The quantitative estimate of drug-likeness (QED) is 0.247. The average Bonchev–Trinajstić information content (AvgIpc) is 3.33. The summed E-state index contributed by atoms with van der Waals surface area (Å²) in [4.78, 5) is 57.8. The van der Waals surface area contributed by atoms with E-state index < -0.39 is 41.1 Å². The Labute approximate surface area is 262 Å². The third-order valence-electron chi connectivity index (χ3n) is 6.92. The lowest BCUT2D eigenvalue weighted by atomic mass is 10.1. The molecule has 0 fully saturated rings. The number of halogens is 3. The highest BCUT2D eigenvalue weighted by atomic mass is 19.1. The number of likely N-dealkylation sites (N-methyl/N-ethyl adjacent to an activating group) is 1. The number of carbonyl (C=O) groups excluding carboxylic acids is 3. The van der Waals surface area contributed by atoms with Gasteiger partial charge < -0.3 is 29.0 Å². The zero-order chi connectivity index (χ0) is 33.5. The number of allylic oxidation sites excluding steroid dienone is 1. The second kappa shape index (κ2) is 14.6. The minimum atomic E-state index is -1.29. The molecule has 0 bridgehead atoms. The van der Waals surface area contributed by atoms with E-state index in [0.29, 0.717) is 11.0 Å². The summed E-state index contributed by atoms with van der Waals surface area (Å²) >= 11 is 0. The van der Waals surface area contributed by atoms with Gasteiger partial charge in [-0.1, -0.05) is 12.1 Å². The van der Waals surface area contributed by atoms with Crippen LogP contribution in [0.25, 0.3) is 11.0 Å². The second-order valence-corrected chi connectivity index (χ2v) is 10.8. The Bertz CT molecular complexity index is 1850. The van der Waals surface area contributed by atoms with Crippen molar-refractivity contribution in [3.63, 3.8) is 0 Å². The summed E-state index contributed by atoms with van der Waals surface area (Å²) in [7, 11) is 6.09. The van der Waals surface area contributed by atoms with E-state index in [0.717, 1.165) is 17.0 Å². The number of hydrogen-bond donors (Lipinski definition) is 1. The van der Waals surface area contributed by atoms with E-state index in [1.54, 1.807) is 20.2 Å². The van der Waals surface area contributed by atoms with Crippen LogP contribution in [0.1, 0.15) is 24.2 Å². The molecule has 2 aromatic carbocycles. The third kappa shape index (κ3) is 8.20. The Morgan fingerprint density at radius 3 is 2.39 bits per heavy atom. The smallest absolute Gasteiger partial charge is 0.410 e. The van der Waals surface area contributed by atoms with E-state index in [2.05, 4.69) is 10.3 Å². The van der Waals surface area contributed by atoms with Crippen LogP contribution in [0.2, 0.25) is 0 Å². The molecule has 3 amide bonds. The molecule has 1 N–H and O–H groups in total. The highest BCUT2D eigenvalue weighted by Gasteiger charge is 2.25. The number of anilines is 1. The highest BCUT2D eigenvalue weighted by Crippen LogP contribution is 2.22. The molecule has 242 valence electrons. The molecule has 0 radical (unpaired) electrons. The first kappa shape index (κ1) is 33.5. The number of fused-ring (bicyclic) bond motifs is 1. The minimum absolute atomic E-state index is 0.0319. The number of amides is 3. The lowest BCUT2D eigenvalue weighted by molar-refractivity contribution is -0.125. The van der Waals surface area contributed by atoms with Gasteiger partial charge in [-0.2, -0.15) is 0 Å². The molecule has 0 saturated carbocycles. The molecule has 0 spiro atoms. The summed E-state index contributed by atoms with van der Waals surface area (Å²) in [5.41, 5.74) is 0.114. The molecule has 4 rings (SSSR count). The van der Waals surface area contributed by atoms with Crippen LogP contribution in [0.3, 0.4) is 0 Å². The number of aromatic nitrogens is 3. The molecule has 0 aliphatic rings. The largest absolute Gasteiger partial charge is 0.436 e. The number of imidazole rings is 1. The number of pyridine rings is 1. The summed E-state index contributed by atoms with van der Waals surface area (Å²) in [6.45, 7) is -0.272. The van der Waals surface area contributed by atoms with Crippen LogP contribution in [0.5, 0.6) is 0 Å². The lowest BCUT2D eigenvalue weighted by Gasteiger charge is -2.20. The van der Waals surface area contributed by atoms with Gasteiger partial charge in [0.25, 0.3) is 11.5 Å². The van der Waals surface area contributed by atoms with Gasteiger partial charge in [0, 0.05) is 46.0 Å². The highest BCUT2D eigenvalue weighted by molar-refractivity contribution is 5.95. The van der Waals surface area contributed by atoms with Crippen molar-refractivity contribution in [3.8, 4) is 0 Å². The number of rotatable bonds is 11. The predicted molar refractivity (Wildman–Crippen MR) is 165 cm³/mol. The van der Waals surface area contributed by atoms with Gasteiger partial charge in [0.1, 0.15) is 29.0 Å². The van der Waals surface area contributed by atoms with E-state index >= 15 is 0 Å². The van der Waals surface area contributed by atoms with Gasteiger partial charge in [0.15, 0.2) is 6.10 Å². The van der Waals surface area contributed by atoms with Crippen LogP contribution >= 0.6 is 0 Å². The zero-order valence-electron chi connectivity index (χ0n) is 25.7. The fraction of sp³-hybridized carbons (Fsp3) is 0.281. The molecule has 0 aliphatic carbocycles. The van der Waals surface area contributed by atoms with Crippen LogP contribution in [0.4, 0.5) is 23.7 Å². The number of carbonyl (C=O) groups is 3. The molecule has 0 unspecified atom stereocenters. The normalized spacial score (nSPS) is 11.9. The summed E-state index contributed by atoms with van der Waals surface area (Å²) < 4.78 is 50.4. The summed E-state index contributed by atoms with van der Waals surface area (Å²) in [6.07, 6.45) is 2.55. The minimum Gasteiger partial charge on any atom is -0.436 e. The monoisotopic (exact) mass is 638 g/mol. The van der Waals surface area contributed by atoms with Gasteiger partial charge in [-0.15, -0.1) is 0 Å². The maximum absolute atomic E-state index is 14.6. The van der Waals surface area contributed by atoms with Crippen LogP contribution in [0.15, 0.2) is 71.7 Å². The van der Waals surface area contributed by atoms with Crippen molar-refractivity contribution < 1.29 is 32.3 Å². The van der Waals surface area contributed by atoms with Crippen molar-refractivity contribution in [2.24, 2.45) is 0 Å². The van der Waals surface area contributed by atoms with Gasteiger partial charge in [0.05, 0.1) is 24.1 Å². The van der Waals surface area contributed by atoms with Crippen LogP contribution in [0, 0.1) is 17.5 Å². The Hall–Kier alpha value is -5.40. The first-order valence-electron chi connectivity index (χ1n) is 14.2. The number of nitrogens with zero attached hydrogens (tertiary/aromatic N) is 5. The Kier molecular flexibility index (Phi) is 10.6. The Balaban J connectivity index is 1.60. The maximum Gasteiger partial charge on any atom is 0.410 e. The van der Waals surface area contributed by atoms with Crippen molar-refractivity contribution in [2.45, 2.75) is 32.0 Å². The van der Waals surface area contributed by atoms with E-state index in [-0.39, 0.29) is 48.9 Å². The fourth-order valence-corrected chi connectivity index (χ4v) is 4.44. The van der Waals surface area contributed by atoms with Crippen molar-refractivity contribution in [3.05, 3.63) is 106 Å². The molecule has 1 atom stereocenters. The van der Waals surface area contributed by atoms with Crippen molar-refractivity contribution >= 4 is 34.6 Å². The van der Waals surface area contributed by atoms with Crippen molar-refractivity contribution in [1.82, 2.24) is 23.9 Å². The molecular formula is C32H33F3N6O5. The van der Waals surface area contributed by atoms with Crippen molar-refractivity contribution in [2.75, 3.05) is 33.5 Å². The standard InChI is InChI=1S/C32H33F3N6O5/c1-38(2)29(42)10-6-5-9-27(46-32(45)39(3)4)30(43)37-25-8-7-15-40(31(25)44)19-28-36-24-14-13-22(34)17-26(24)41(28)18-20-11-12-21(33)16-23(20)35/h6-8,10-17,27H,5,9,18-19H2,1-4H3,(H,37,43)/b10-6+/t27-/m0/s1. The Morgan fingerprint density at radius 2 is 1.70 bits per heavy atom. The average molecular weight is 639 g/mol. The van der Waals surface area contributed by atoms with Gasteiger partial charge in [-0.05, 0) is 55.3 Å². The maximum atomic E-state index is 14.6. The molecule has 14 heteroatoms. The zero-order valence-corrected chi connectivity index (χ0v) is 25.7. The first-order chi connectivity index (χ1) is 21.8. The van der Waals surface area contributed by atoms with Crippen LogP contribution in [-0.2, 0) is 27.4 Å². The summed E-state index contributed by atoms with van der Waals surface area (Å²) in [6, 6.07) is 9.92. The molecule has 11 nitrogen and oxygen atoms in total. The second-order valence-electron chi connectivity index (χ2n) is 10.8. The summed E-state index contributed by atoms with van der Waals surface area (Å²) in [5.74, 6) is -2.83. The molecule has 46 heavy (non-hydrogen) atoms. The SMILES string of the molecule is CN(C)C(=O)/C=C/CC[C@H](OC(=O)N(C)C)C(=O)Nc1cccn(Cc2nc3ccc(F)cc3n2Cc2ccc(F)cc2F)c1=O. The predicted octanol–water partition coefficient (Wildman–Crippen LogP) is 4.14. The van der Waals surface area contributed by atoms with Crippen LogP contribution < -0.4 is 10.9 Å². The number of benzene rings is 2. The third-order valence-corrected chi connectivity index (χ3v) is 6.92. The first-order valence-corrected chi connectivity index (χ1v) is 14.2. The summed E-state index contributed by atoms with van der Waals surface area (Å²) in [5, 5.41) is 2.52. The van der Waals surface area contributed by atoms with E-state index in [9.17, 15) is 32.3 Å². The van der Waals surface area contributed by atoms with Crippen molar-refractivity contribution in [1.29, 1.82) is 0 Å². The van der Waals surface area contributed by atoms with E-state index in [1.165, 1.54) is 76.8 Å². The molecule has 4 aromatic rings. The topological polar surface area (TPSA) is 119 Å². The van der Waals surface area contributed by atoms with Crippen LogP contribution in [-0.4, -0.2) is 76.1 Å². The van der Waals surface area contributed by atoms with Gasteiger partial charge >= 0.3 is 6.09 Å². The molecule has 2 aromatic heterocycles. The molecule has 0 aliphatic heterocycles. The van der Waals surface area contributed by atoms with Gasteiger partial charge in [0.2, 0.25) is 5.91 Å². The number of nitrogens with one attached hydrogen (secondary N) is 1. The van der Waals surface area contributed by atoms with E-state index in [1.807, 2.05) is 0 Å².